The van der Waals surface area contributed by atoms with E-state index >= 15 is 0 Å². The first-order valence-corrected chi connectivity index (χ1v) is 11.8. The fourth-order valence-corrected chi connectivity index (χ4v) is 4.87. The Hall–Kier alpha value is -3.85. The van der Waals surface area contributed by atoms with E-state index in [2.05, 4.69) is 10.0 Å². The van der Waals surface area contributed by atoms with Gasteiger partial charge in [0.25, 0.3) is 10.0 Å². The van der Waals surface area contributed by atoms with Crippen molar-refractivity contribution in [2.75, 3.05) is 10.0 Å². The molecular weight excluding hydrogens is 442 g/mol. The lowest BCUT2D eigenvalue weighted by Gasteiger charge is -2.13. The summed E-state index contributed by atoms with van der Waals surface area (Å²) in [6.45, 7) is 3.69. The fraction of sp³-hybridized carbons (Fsp3) is 0.167. The van der Waals surface area contributed by atoms with E-state index in [0.29, 0.717) is 28.0 Å². The van der Waals surface area contributed by atoms with Crippen molar-refractivity contribution in [2.24, 2.45) is 0 Å². The van der Waals surface area contributed by atoms with Crippen molar-refractivity contribution in [1.29, 1.82) is 0 Å². The van der Waals surface area contributed by atoms with Gasteiger partial charge in [-0.25, -0.2) is 13.2 Å². The zero-order valence-corrected chi connectivity index (χ0v) is 19.0. The second-order valence-electron chi connectivity index (χ2n) is 7.74. The first-order chi connectivity index (χ1) is 15.7. The third kappa shape index (κ3) is 4.98. The van der Waals surface area contributed by atoms with Crippen molar-refractivity contribution in [3.05, 3.63) is 88.4 Å². The molecule has 0 aliphatic rings. The number of carbonyl (C=O) groups is 1. The molecule has 0 fully saturated rings. The fourth-order valence-electron chi connectivity index (χ4n) is 3.55. The highest BCUT2D eigenvalue weighted by molar-refractivity contribution is 7.92. The minimum absolute atomic E-state index is 0.0148. The van der Waals surface area contributed by atoms with E-state index < -0.39 is 15.8 Å². The number of para-hydroxylation sites is 2. The van der Waals surface area contributed by atoms with Gasteiger partial charge < -0.3 is 9.73 Å². The summed E-state index contributed by atoms with van der Waals surface area (Å²) in [4.78, 5) is 24.6. The highest BCUT2D eigenvalue weighted by Gasteiger charge is 2.18. The van der Waals surface area contributed by atoms with Gasteiger partial charge in [0.15, 0.2) is 5.58 Å². The third-order valence-corrected chi connectivity index (χ3v) is 6.69. The summed E-state index contributed by atoms with van der Waals surface area (Å²) in [6, 6.07) is 18.7. The van der Waals surface area contributed by atoms with Crippen LogP contribution in [0.2, 0.25) is 0 Å². The number of rotatable bonds is 7. The molecule has 1 amide bonds. The van der Waals surface area contributed by atoms with Gasteiger partial charge in [0.05, 0.1) is 10.4 Å². The molecule has 0 spiro atoms. The van der Waals surface area contributed by atoms with Gasteiger partial charge in [-0.3, -0.25) is 14.1 Å². The number of carbonyl (C=O) groups excluding carboxylic acids is 1. The minimum Gasteiger partial charge on any atom is -0.408 e. The van der Waals surface area contributed by atoms with Gasteiger partial charge in [-0.2, -0.15) is 0 Å². The Balaban J connectivity index is 1.48. The van der Waals surface area contributed by atoms with Crippen LogP contribution in [0.4, 0.5) is 11.4 Å². The van der Waals surface area contributed by atoms with Gasteiger partial charge in [-0.1, -0.05) is 30.3 Å². The number of oxazole rings is 1. The zero-order chi connectivity index (χ0) is 23.6. The molecule has 0 radical (unpaired) electrons. The number of benzene rings is 3. The van der Waals surface area contributed by atoms with Gasteiger partial charge in [-0.05, 0) is 61.4 Å². The van der Waals surface area contributed by atoms with E-state index in [1.165, 1.54) is 10.6 Å². The van der Waals surface area contributed by atoms with E-state index in [-0.39, 0.29) is 23.8 Å². The number of fused-ring (bicyclic) bond motifs is 1. The van der Waals surface area contributed by atoms with Crippen LogP contribution < -0.4 is 15.8 Å². The van der Waals surface area contributed by atoms with Crippen LogP contribution in [-0.2, 0) is 21.4 Å². The maximum atomic E-state index is 12.9. The maximum absolute atomic E-state index is 12.9. The first-order valence-electron chi connectivity index (χ1n) is 10.3. The molecule has 0 saturated heterocycles. The Morgan fingerprint density at radius 2 is 1.76 bits per heavy atom. The predicted molar refractivity (Wildman–Crippen MR) is 127 cm³/mol. The number of amides is 1. The van der Waals surface area contributed by atoms with Gasteiger partial charge in [0, 0.05) is 24.3 Å². The van der Waals surface area contributed by atoms with Gasteiger partial charge in [-0.15, -0.1) is 0 Å². The number of aryl methyl sites for hydroxylation is 3. The molecule has 4 aromatic rings. The molecule has 1 aromatic heterocycles. The number of anilines is 2. The lowest BCUT2D eigenvalue weighted by atomic mass is 10.2. The molecule has 0 aliphatic carbocycles. The Morgan fingerprint density at radius 3 is 2.55 bits per heavy atom. The molecule has 33 heavy (non-hydrogen) atoms. The normalized spacial score (nSPS) is 11.5. The lowest BCUT2D eigenvalue weighted by Crippen LogP contribution is -2.20. The largest absolute Gasteiger partial charge is 0.419 e. The van der Waals surface area contributed by atoms with E-state index in [4.69, 9.17) is 4.42 Å². The quantitative estimate of drug-likeness (QED) is 0.428. The number of hydrogen-bond acceptors (Lipinski definition) is 5. The summed E-state index contributed by atoms with van der Waals surface area (Å²) in [5.74, 6) is -0.888. The van der Waals surface area contributed by atoms with E-state index in [9.17, 15) is 18.0 Å². The SMILES string of the molecule is Cc1cccc(NS(=O)(=O)c2cc(NC(=O)CCn3c(=O)oc4ccccc43)ccc2C)c1. The average molecular weight is 466 g/mol. The number of hydrogen-bond donors (Lipinski definition) is 2. The van der Waals surface area contributed by atoms with Gasteiger partial charge >= 0.3 is 5.76 Å². The van der Waals surface area contributed by atoms with Crippen LogP contribution >= 0.6 is 0 Å². The molecule has 0 saturated carbocycles. The van der Waals surface area contributed by atoms with Crippen LogP contribution in [0.3, 0.4) is 0 Å². The predicted octanol–water partition coefficient (Wildman–Crippen LogP) is 4.04. The molecule has 3 aromatic carbocycles. The van der Waals surface area contributed by atoms with Crippen LogP contribution in [0.25, 0.3) is 11.1 Å². The summed E-state index contributed by atoms with van der Waals surface area (Å²) >= 11 is 0. The van der Waals surface area contributed by atoms with Crippen molar-refractivity contribution in [2.45, 2.75) is 31.7 Å². The van der Waals surface area contributed by atoms with Crippen molar-refractivity contribution >= 4 is 38.4 Å². The zero-order valence-electron chi connectivity index (χ0n) is 18.2. The van der Waals surface area contributed by atoms with E-state index in [1.54, 1.807) is 61.5 Å². The van der Waals surface area contributed by atoms with Crippen LogP contribution in [-0.4, -0.2) is 18.9 Å². The van der Waals surface area contributed by atoms with Crippen molar-refractivity contribution in [3.8, 4) is 0 Å². The van der Waals surface area contributed by atoms with Crippen LogP contribution in [0, 0.1) is 13.8 Å². The summed E-state index contributed by atoms with van der Waals surface area (Å²) < 4.78 is 35.0. The smallest absolute Gasteiger partial charge is 0.408 e. The van der Waals surface area contributed by atoms with Crippen molar-refractivity contribution in [1.82, 2.24) is 4.57 Å². The third-order valence-electron chi connectivity index (χ3n) is 5.17. The standard InChI is InChI=1S/C24H23N3O5S/c1-16-6-5-7-19(14-16)26-33(30,31)22-15-18(11-10-17(22)2)25-23(28)12-13-27-20-8-3-4-9-21(20)32-24(27)29/h3-11,14-15,26H,12-13H2,1-2H3,(H,25,28). The Bertz CT molecular complexity index is 1500. The second kappa shape index (κ2) is 8.95. The number of nitrogens with zero attached hydrogens (tertiary/aromatic N) is 1. The number of aromatic nitrogens is 1. The monoisotopic (exact) mass is 465 g/mol. The van der Waals surface area contributed by atoms with E-state index in [1.807, 2.05) is 13.0 Å². The molecule has 4 rings (SSSR count). The Labute approximate surface area is 190 Å². The molecule has 0 atom stereocenters. The molecular formula is C24H23N3O5S. The second-order valence-corrected chi connectivity index (χ2v) is 9.39. The van der Waals surface area contributed by atoms with Gasteiger partial charge in [0.1, 0.15) is 0 Å². The summed E-state index contributed by atoms with van der Waals surface area (Å²) in [7, 11) is -3.86. The summed E-state index contributed by atoms with van der Waals surface area (Å²) in [6.07, 6.45) is 0.0148. The molecule has 8 nitrogen and oxygen atoms in total. The highest BCUT2D eigenvalue weighted by Crippen LogP contribution is 2.23. The maximum Gasteiger partial charge on any atom is 0.419 e. The molecule has 0 aliphatic heterocycles. The van der Waals surface area contributed by atoms with Crippen molar-refractivity contribution in [3.63, 3.8) is 0 Å². The molecule has 0 bridgehead atoms. The van der Waals surface area contributed by atoms with E-state index in [0.717, 1.165) is 5.56 Å². The minimum atomic E-state index is -3.86. The van der Waals surface area contributed by atoms with Gasteiger partial charge in [0.2, 0.25) is 5.91 Å². The Morgan fingerprint density at radius 1 is 0.970 bits per heavy atom. The number of nitrogens with one attached hydrogen (secondary N) is 2. The molecule has 2 N–H and O–H groups in total. The molecule has 9 heteroatoms. The van der Waals surface area contributed by atoms with Crippen LogP contribution in [0.5, 0.6) is 0 Å². The molecule has 170 valence electrons. The summed E-state index contributed by atoms with van der Waals surface area (Å²) in [5, 5.41) is 2.71. The molecule has 1 heterocycles. The van der Waals surface area contributed by atoms with Crippen molar-refractivity contribution < 1.29 is 17.6 Å². The Kier molecular flexibility index (Phi) is 6.06. The molecule has 0 unspecified atom stereocenters. The van der Waals surface area contributed by atoms with Crippen LogP contribution in [0.1, 0.15) is 17.5 Å². The highest BCUT2D eigenvalue weighted by atomic mass is 32.2. The summed E-state index contributed by atoms with van der Waals surface area (Å²) in [5.41, 5.74) is 3.35. The first kappa shape index (κ1) is 22.3. The number of sulfonamides is 1. The topological polar surface area (TPSA) is 110 Å². The van der Waals surface area contributed by atoms with Crippen LogP contribution in [0.15, 0.2) is 80.8 Å². The average Bonchev–Trinajstić information content (AvgIpc) is 3.08. The lowest BCUT2D eigenvalue weighted by molar-refractivity contribution is -0.116.